The number of carbonyl (C=O) groups excluding carboxylic acids is 2. The summed E-state index contributed by atoms with van der Waals surface area (Å²) < 4.78 is 9.83. The minimum atomic E-state index is -0.927. The zero-order chi connectivity index (χ0) is 18.7. The Labute approximate surface area is 163 Å². The summed E-state index contributed by atoms with van der Waals surface area (Å²) in [4.78, 5) is 27.7. The molecule has 134 valence electrons. The zero-order valence-corrected chi connectivity index (χ0v) is 16.4. The van der Waals surface area contributed by atoms with Crippen molar-refractivity contribution in [3.63, 3.8) is 0 Å². The van der Waals surface area contributed by atoms with Gasteiger partial charge in [-0.2, -0.15) is 5.48 Å². The quantitative estimate of drug-likeness (QED) is 0.226. The third kappa shape index (κ3) is 6.02. The molecular formula is C13H12Cl5NO5. The molecule has 1 N–H and O–H groups in total. The van der Waals surface area contributed by atoms with Gasteiger partial charge in [0.05, 0.1) is 15.1 Å². The Kier molecular flexibility index (Phi) is 7.72. The van der Waals surface area contributed by atoms with Gasteiger partial charge in [0.25, 0.3) is 0 Å². The number of rotatable bonds is 4. The molecule has 0 fully saturated rings. The van der Waals surface area contributed by atoms with Gasteiger partial charge >= 0.3 is 12.1 Å². The molecule has 0 saturated heterocycles. The summed E-state index contributed by atoms with van der Waals surface area (Å²) in [5.41, 5.74) is 1.20. The summed E-state index contributed by atoms with van der Waals surface area (Å²) in [5.74, 6) is -1.20. The third-order valence-electron chi connectivity index (χ3n) is 2.13. The normalized spacial score (nSPS) is 11.2. The van der Waals surface area contributed by atoms with Crippen molar-refractivity contribution < 1.29 is 23.9 Å². The van der Waals surface area contributed by atoms with Crippen LogP contribution in [0.15, 0.2) is 0 Å². The fraction of sp³-hybridized carbons (Fsp3) is 0.385. The van der Waals surface area contributed by atoms with Gasteiger partial charge in [-0.05, 0) is 20.8 Å². The van der Waals surface area contributed by atoms with Crippen molar-refractivity contribution in [2.24, 2.45) is 0 Å². The number of hydroxylamine groups is 1. The molecule has 11 heteroatoms. The van der Waals surface area contributed by atoms with Crippen LogP contribution >= 0.6 is 58.0 Å². The second kappa shape index (κ2) is 8.65. The Morgan fingerprint density at radius 3 is 1.83 bits per heavy atom. The van der Waals surface area contributed by atoms with Crippen molar-refractivity contribution in [3.8, 4) is 5.75 Å². The minimum absolute atomic E-state index is 0.0732. The molecular weight excluding hydrogens is 427 g/mol. The van der Waals surface area contributed by atoms with E-state index < -0.39 is 24.3 Å². The second-order valence-corrected chi connectivity index (χ2v) is 7.16. The summed E-state index contributed by atoms with van der Waals surface area (Å²) >= 11 is 29.3. The standard InChI is InChI=1S/C13H12Cl5NO5/c1-13(2,3)24-12(21)19-22-4-5(20)23-11-9(17)7(15)6(14)8(16)10(11)18/h4H2,1-3H3,(H,19,21). The number of halogens is 5. The van der Waals surface area contributed by atoms with Crippen LogP contribution in [0.1, 0.15) is 20.8 Å². The number of benzene rings is 1. The van der Waals surface area contributed by atoms with E-state index >= 15 is 0 Å². The molecule has 0 aromatic heterocycles. The van der Waals surface area contributed by atoms with E-state index in [-0.39, 0.29) is 30.9 Å². The number of hydrogen-bond donors (Lipinski definition) is 1. The van der Waals surface area contributed by atoms with E-state index in [0.29, 0.717) is 0 Å². The van der Waals surface area contributed by atoms with Gasteiger partial charge in [-0.3, -0.25) is 4.84 Å². The summed E-state index contributed by atoms with van der Waals surface area (Å²) in [7, 11) is 0. The third-order valence-corrected chi connectivity index (χ3v) is 4.37. The van der Waals surface area contributed by atoms with Gasteiger partial charge in [0.1, 0.15) is 15.6 Å². The van der Waals surface area contributed by atoms with Crippen molar-refractivity contribution in [2.45, 2.75) is 26.4 Å². The highest BCUT2D eigenvalue weighted by Crippen LogP contribution is 2.48. The van der Waals surface area contributed by atoms with E-state index in [1.807, 2.05) is 5.48 Å². The molecule has 0 radical (unpaired) electrons. The minimum Gasteiger partial charge on any atom is -0.442 e. The monoisotopic (exact) mass is 437 g/mol. The molecule has 0 atom stereocenters. The first kappa shape index (κ1) is 21.4. The van der Waals surface area contributed by atoms with E-state index in [9.17, 15) is 9.59 Å². The molecule has 0 spiro atoms. The summed E-state index contributed by atoms with van der Waals surface area (Å²) in [6, 6.07) is 0. The molecule has 0 unspecified atom stereocenters. The molecule has 1 aromatic carbocycles. The number of nitrogens with one attached hydrogen (secondary N) is 1. The Bertz CT molecular complexity index is 630. The highest BCUT2D eigenvalue weighted by atomic mass is 35.5. The van der Waals surface area contributed by atoms with Crippen LogP contribution in [0, 0.1) is 0 Å². The van der Waals surface area contributed by atoms with Crippen LogP contribution in [0.25, 0.3) is 0 Å². The van der Waals surface area contributed by atoms with E-state index in [0.717, 1.165) is 0 Å². The lowest BCUT2D eigenvalue weighted by Crippen LogP contribution is -2.34. The molecule has 1 aromatic rings. The lowest BCUT2D eigenvalue weighted by atomic mass is 10.2. The van der Waals surface area contributed by atoms with Gasteiger partial charge in [0, 0.05) is 0 Å². The molecule has 24 heavy (non-hydrogen) atoms. The average molecular weight is 440 g/mol. The number of esters is 1. The summed E-state index contributed by atoms with van der Waals surface area (Å²) in [6.07, 6.45) is -0.871. The predicted octanol–water partition coefficient (Wildman–Crippen LogP) is 5.32. The van der Waals surface area contributed by atoms with Crippen molar-refractivity contribution in [1.82, 2.24) is 5.48 Å². The molecule has 0 aliphatic rings. The Morgan fingerprint density at radius 1 is 0.917 bits per heavy atom. The maximum Gasteiger partial charge on any atom is 0.431 e. The van der Waals surface area contributed by atoms with Crippen LogP contribution < -0.4 is 10.2 Å². The van der Waals surface area contributed by atoms with Crippen LogP contribution in [0.2, 0.25) is 25.1 Å². The maximum absolute atomic E-state index is 11.7. The number of ether oxygens (including phenoxy) is 2. The largest absolute Gasteiger partial charge is 0.442 e. The van der Waals surface area contributed by atoms with Crippen LogP contribution in [-0.2, 0) is 14.4 Å². The van der Waals surface area contributed by atoms with Gasteiger partial charge in [-0.15, -0.1) is 0 Å². The van der Waals surface area contributed by atoms with E-state index in [2.05, 4.69) is 4.84 Å². The second-order valence-electron chi connectivity index (χ2n) is 5.27. The van der Waals surface area contributed by atoms with Gasteiger partial charge in [-0.25, -0.2) is 9.59 Å². The smallest absolute Gasteiger partial charge is 0.431 e. The van der Waals surface area contributed by atoms with Crippen LogP contribution in [0.5, 0.6) is 5.75 Å². The predicted molar refractivity (Wildman–Crippen MR) is 92.4 cm³/mol. The van der Waals surface area contributed by atoms with Crippen molar-refractivity contribution in [2.75, 3.05) is 6.61 Å². The fourth-order valence-corrected chi connectivity index (χ4v) is 2.47. The number of carbonyl (C=O) groups is 2. The number of hydrogen-bond acceptors (Lipinski definition) is 5. The SMILES string of the molecule is CC(C)(C)OC(=O)NOCC(=O)Oc1c(Cl)c(Cl)c(Cl)c(Cl)c1Cl. The van der Waals surface area contributed by atoms with E-state index in [4.69, 9.17) is 67.5 Å². The topological polar surface area (TPSA) is 73.9 Å². The van der Waals surface area contributed by atoms with Crippen LogP contribution in [-0.4, -0.2) is 24.3 Å². The van der Waals surface area contributed by atoms with E-state index in [1.54, 1.807) is 20.8 Å². The molecule has 0 aliphatic carbocycles. The zero-order valence-electron chi connectivity index (χ0n) is 12.6. The first-order valence-corrected chi connectivity index (χ1v) is 8.16. The Morgan fingerprint density at radius 2 is 1.38 bits per heavy atom. The fourth-order valence-electron chi connectivity index (χ4n) is 1.27. The van der Waals surface area contributed by atoms with Gasteiger partial charge in [0.2, 0.25) is 0 Å². The first-order chi connectivity index (χ1) is 10.9. The van der Waals surface area contributed by atoms with Crippen molar-refractivity contribution in [3.05, 3.63) is 25.1 Å². The van der Waals surface area contributed by atoms with Crippen molar-refractivity contribution >= 4 is 70.1 Å². The molecule has 6 nitrogen and oxygen atoms in total. The molecule has 1 amide bonds. The highest BCUT2D eigenvalue weighted by molar-refractivity contribution is 6.55. The molecule has 0 heterocycles. The van der Waals surface area contributed by atoms with Crippen LogP contribution in [0.3, 0.4) is 0 Å². The molecule has 1 rings (SSSR count). The van der Waals surface area contributed by atoms with Crippen LogP contribution in [0.4, 0.5) is 4.79 Å². The molecule has 0 saturated carbocycles. The number of amides is 1. The molecule has 0 bridgehead atoms. The van der Waals surface area contributed by atoms with Gasteiger partial charge < -0.3 is 9.47 Å². The maximum atomic E-state index is 11.7. The Balaban J connectivity index is 2.66. The highest BCUT2D eigenvalue weighted by Gasteiger charge is 2.23. The first-order valence-electron chi connectivity index (χ1n) is 6.27. The average Bonchev–Trinajstić information content (AvgIpc) is 2.45. The summed E-state index contributed by atoms with van der Waals surface area (Å²) in [5, 5.41) is -0.698. The Hall–Kier alpha value is -0.630. The van der Waals surface area contributed by atoms with E-state index in [1.165, 1.54) is 0 Å². The lowest BCUT2D eigenvalue weighted by molar-refractivity contribution is -0.141. The lowest BCUT2D eigenvalue weighted by Gasteiger charge is -2.19. The summed E-state index contributed by atoms with van der Waals surface area (Å²) in [6.45, 7) is 4.35. The van der Waals surface area contributed by atoms with Gasteiger partial charge in [-0.1, -0.05) is 58.0 Å². The molecule has 0 aliphatic heterocycles. The van der Waals surface area contributed by atoms with Crippen molar-refractivity contribution in [1.29, 1.82) is 0 Å². The van der Waals surface area contributed by atoms with Gasteiger partial charge in [0.15, 0.2) is 12.4 Å².